The number of carbonyl (C=O) groups is 1. The first-order valence-corrected chi connectivity index (χ1v) is 12.2. The van der Waals surface area contributed by atoms with Crippen LogP contribution in [0.5, 0.6) is 11.5 Å². The number of carbonyl (C=O) groups excluding carboxylic acids is 1. The molecule has 3 aromatic carbocycles. The molecule has 0 saturated heterocycles. The number of aryl methyl sites for hydroxylation is 3. The highest BCUT2D eigenvalue weighted by Crippen LogP contribution is 2.25. The molecule has 0 bridgehead atoms. The maximum atomic E-state index is 12.7. The van der Waals surface area contributed by atoms with Crippen molar-refractivity contribution in [3.8, 4) is 17.2 Å². The van der Waals surface area contributed by atoms with Crippen LogP contribution in [0.25, 0.3) is 5.69 Å². The number of hydrogen-bond donors (Lipinski definition) is 1. The lowest BCUT2D eigenvalue weighted by atomic mass is 10.1. The van der Waals surface area contributed by atoms with Crippen LogP contribution < -0.4 is 14.8 Å². The average Bonchev–Trinajstić information content (AvgIpc) is 3.24. The van der Waals surface area contributed by atoms with E-state index >= 15 is 0 Å². The molecule has 4 aromatic rings. The maximum Gasteiger partial charge on any atom is 0.234 e. The standard InChI is InChI=1S/C27H28N4O3S/c1-18-5-9-24(10-6-18)34-16-25-29-30-27(31(25)22-7-11-23(33-4)12-8-22)35-17-26(32)28-21-14-19(2)13-20(3)15-21/h5-15H,16-17H2,1-4H3,(H,28,32). The summed E-state index contributed by atoms with van der Waals surface area (Å²) in [7, 11) is 1.63. The van der Waals surface area contributed by atoms with Gasteiger partial charge >= 0.3 is 0 Å². The summed E-state index contributed by atoms with van der Waals surface area (Å²) in [5.74, 6) is 2.22. The fraction of sp³-hybridized carbons (Fsp3) is 0.222. The highest BCUT2D eigenvalue weighted by Gasteiger charge is 2.17. The lowest BCUT2D eigenvalue weighted by Crippen LogP contribution is -2.15. The van der Waals surface area contributed by atoms with Crippen LogP contribution in [0.1, 0.15) is 22.5 Å². The highest BCUT2D eigenvalue weighted by atomic mass is 32.2. The van der Waals surface area contributed by atoms with Crippen molar-refractivity contribution in [1.82, 2.24) is 14.8 Å². The molecule has 4 rings (SSSR count). The lowest BCUT2D eigenvalue weighted by molar-refractivity contribution is -0.113. The second-order valence-corrected chi connectivity index (χ2v) is 9.19. The molecule has 0 saturated carbocycles. The van der Waals surface area contributed by atoms with Gasteiger partial charge in [-0.15, -0.1) is 10.2 Å². The molecule has 180 valence electrons. The van der Waals surface area contributed by atoms with Crippen molar-refractivity contribution < 1.29 is 14.3 Å². The molecule has 1 amide bonds. The van der Waals surface area contributed by atoms with E-state index in [1.807, 2.05) is 86.0 Å². The summed E-state index contributed by atoms with van der Waals surface area (Å²) in [5.41, 5.74) is 5.01. The summed E-state index contributed by atoms with van der Waals surface area (Å²) in [4.78, 5) is 12.7. The van der Waals surface area contributed by atoms with Crippen molar-refractivity contribution in [2.75, 3.05) is 18.2 Å². The van der Waals surface area contributed by atoms with Gasteiger partial charge in [0.05, 0.1) is 12.9 Å². The van der Waals surface area contributed by atoms with E-state index in [4.69, 9.17) is 9.47 Å². The summed E-state index contributed by atoms with van der Waals surface area (Å²) >= 11 is 1.32. The minimum absolute atomic E-state index is 0.110. The van der Waals surface area contributed by atoms with Crippen molar-refractivity contribution in [3.05, 3.63) is 89.2 Å². The minimum atomic E-state index is -0.110. The van der Waals surface area contributed by atoms with Gasteiger partial charge in [0.1, 0.15) is 18.1 Å². The van der Waals surface area contributed by atoms with E-state index in [1.165, 1.54) is 11.8 Å². The largest absolute Gasteiger partial charge is 0.497 e. The Balaban J connectivity index is 1.52. The van der Waals surface area contributed by atoms with Crippen molar-refractivity contribution in [1.29, 1.82) is 0 Å². The number of hydrogen-bond acceptors (Lipinski definition) is 6. The summed E-state index contributed by atoms with van der Waals surface area (Å²) in [6.45, 7) is 6.28. The summed E-state index contributed by atoms with van der Waals surface area (Å²) < 4.78 is 13.2. The second-order valence-electron chi connectivity index (χ2n) is 8.25. The molecule has 1 heterocycles. The van der Waals surface area contributed by atoms with Gasteiger partial charge in [0.15, 0.2) is 11.0 Å². The molecule has 0 atom stereocenters. The monoisotopic (exact) mass is 488 g/mol. The molecule has 1 N–H and O–H groups in total. The Morgan fingerprint density at radius 2 is 1.54 bits per heavy atom. The van der Waals surface area contributed by atoms with Gasteiger partial charge in [0, 0.05) is 11.4 Å². The average molecular weight is 489 g/mol. The Bertz CT molecular complexity index is 1280. The van der Waals surface area contributed by atoms with E-state index in [0.29, 0.717) is 11.0 Å². The summed E-state index contributed by atoms with van der Waals surface area (Å²) in [5, 5.41) is 12.3. The van der Waals surface area contributed by atoms with Crippen LogP contribution in [-0.2, 0) is 11.4 Å². The topological polar surface area (TPSA) is 78.3 Å². The van der Waals surface area contributed by atoms with Crippen LogP contribution in [0.2, 0.25) is 0 Å². The molecule has 35 heavy (non-hydrogen) atoms. The van der Waals surface area contributed by atoms with Gasteiger partial charge in [-0.2, -0.15) is 0 Å². The van der Waals surface area contributed by atoms with Gasteiger partial charge < -0.3 is 14.8 Å². The SMILES string of the molecule is COc1ccc(-n2c(COc3ccc(C)cc3)nnc2SCC(=O)Nc2cc(C)cc(C)c2)cc1. The van der Waals surface area contributed by atoms with Crippen molar-refractivity contribution in [2.45, 2.75) is 32.5 Å². The van der Waals surface area contributed by atoms with Crippen LogP contribution >= 0.6 is 11.8 Å². The minimum Gasteiger partial charge on any atom is -0.497 e. The fourth-order valence-electron chi connectivity index (χ4n) is 3.63. The van der Waals surface area contributed by atoms with E-state index in [2.05, 4.69) is 21.6 Å². The first-order chi connectivity index (χ1) is 16.9. The predicted molar refractivity (Wildman–Crippen MR) is 139 cm³/mol. The van der Waals surface area contributed by atoms with Crippen molar-refractivity contribution >= 4 is 23.4 Å². The number of benzene rings is 3. The fourth-order valence-corrected chi connectivity index (χ4v) is 4.41. The zero-order valence-corrected chi connectivity index (χ0v) is 21.1. The quantitative estimate of drug-likeness (QED) is 0.313. The molecule has 0 fully saturated rings. The molecular formula is C27H28N4O3S. The van der Waals surface area contributed by atoms with Crippen LogP contribution in [-0.4, -0.2) is 33.5 Å². The number of methoxy groups -OCH3 is 1. The first kappa shape index (κ1) is 24.3. The maximum absolute atomic E-state index is 12.7. The molecule has 0 aliphatic carbocycles. The van der Waals surface area contributed by atoms with Gasteiger partial charge in [-0.1, -0.05) is 35.5 Å². The number of ether oxygens (including phenoxy) is 2. The van der Waals surface area contributed by atoms with E-state index in [9.17, 15) is 4.79 Å². The third-order valence-electron chi connectivity index (χ3n) is 5.26. The summed E-state index contributed by atoms with van der Waals surface area (Å²) in [6, 6.07) is 21.4. The molecular weight excluding hydrogens is 460 g/mol. The molecule has 0 aliphatic rings. The Morgan fingerprint density at radius 3 is 2.20 bits per heavy atom. The molecule has 8 heteroatoms. The Morgan fingerprint density at radius 1 is 0.886 bits per heavy atom. The Kier molecular flexibility index (Phi) is 7.72. The number of nitrogens with zero attached hydrogens (tertiary/aromatic N) is 3. The van der Waals surface area contributed by atoms with Gasteiger partial charge in [0.2, 0.25) is 5.91 Å². The number of rotatable bonds is 9. The zero-order valence-electron chi connectivity index (χ0n) is 20.2. The van der Waals surface area contributed by atoms with Gasteiger partial charge in [-0.3, -0.25) is 9.36 Å². The smallest absolute Gasteiger partial charge is 0.234 e. The molecule has 7 nitrogen and oxygen atoms in total. The lowest BCUT2D eigenvalue weighted by Gasteiger charge is -2.12. The molecule has 0 aliphatic heterocycles. The molecule has 0 radical (unpaired) electrons. The van der Waals surface area contributed by atoms with Gasteiger partial charge in [0.25, 0.3) is 0 Å². The molecule has 1 aromatic heterocycles. The Hall–Kier alpha value is -3.78. The predicted octanol–water partition coefficient (Wildman–Crippen LogP) is 5.51. The number of anilines is 1. The number of nitrogens with one attached hydrogen (secondary N) is 1. The van der Waals surface area contributed by atoms with Gasteiger partial charge in [-0.25, -0.2) is 0 Å². The van der Waals surface area contributed by atoms with E-state index in [1.54, 1.807) is 7.11 Å². The zero-order chi connectivity index (χ0) is 24.8. The van der Waals surface area contributed by atoms with Crippen LogP contribution in [0, 0.1) is 20.8 Å². The number of thioether (sulfide) groups is 1. The highest BCUT2D eigenvalue weighted by molar-refractivity contribution is 7.99. The van der Waals surface area contributed by atoms with Crippen LogP contribution in [0.15, 0.2) is 71.9 Å². The third kappa shape index (κ3) is 6.42. The van der Waals surface area contributed by atoms with Crippen molar-refractivity contribution in [2.24, 2.45) is 0 Å². The third-order valence-corrected chi connectivity index (χ3v) is 6.19. The van der Waals surface area contributed by atoms with E-state index in [0.717, 1.165) is 39.6 Å². The van der Waals surface area contributed by atoms with E-state index < -0.39 is 0 Å². The molecule has 0 spiro atoms. The number of aromatic nitrogens is 3. The van der Waals surface area contributed by atoms with Gasteiger partial charge in [-0.05, 0) is 80.4 Å². The first-order valence-electron chi connectivity index (χ1n) is 11.2. The Labute approximate surface area is 209 Å². The van der Waals surface area contributed by atoms with E-state index in [-0.39, 0.29) is 18.3 Å². The van der Waals surface area contributed by atoms with Crippen LogP contribution in [0.4, 0.5) is 5.69 Å². The van der Waals surface area contributed by atoms with Crippen molar-refractivity contribution in [3.63, 3.8) is 0 Å². The normalized spacial score (nSPS) is 10.7. The van der Waals surface area contributed by atoms with Crippen LogP contribution in [0.3, 0.4) is 0 Å². The summed E-state index contributed by atoms with van der Waals surface area (Å²) in [6.07, 6.45) is 0. The second kappa shape index (κ2) is 11.1. The number of amides is 1. The molecule has 0 unspecified atom stereocenters.